The van der Waals surface area contributed by atoms with Crippen LogP contribution in [0.2, 0.25) is 0 Å². The number of para-hydroxylation sites is 2. The zero-order valence-corrected chi connectivity index (χ0v) is 28.0. The molecule has 8 aromatic rings. The number of aromatic nitrogens is 4. The number of nitrogens with zero attached hydrogens (tertiary/aromatic N) is 4. The van der Waals surface area contributed by atoms with E-state index in [1.54, 1.807) is 24.4 Å². The molecule has 0 saturated heterocycles. The quantitative estimate of drug-likeness (QED) is 0.163. The number of imidazole rings is 1. The van der Waals surface area contributed by atoms with Gasteiger partial charge in [0.25, 0.3) is 0 Å². The van der Waals surface area contributed by atoms with Crippen LogP contribution >= 0.6 is 0 Å². The Balaban J connectivity index is 1.19. The van der Waals surface area contributed by atoms with Gasteiger partial charge in [0.1, 0.15) is 0 Å². The Morgan fingerprint density at radius 2 is 1.54 bits per heavy atom. The number of aryl methyl sites for hydroxylation is 4. The Morgan fingerprint density at radius 3 is 2.38 bits per heavy atom. The minimum absolute atomic E-state index is 0.220. The Morgan fingerprint density at radius 1 is 0.750 bits per heavy atom. The maximum atomic E-state index is 8.50. The topological polar surface area (TPSA) is 36.9 Å². The van der Waals surface area contributed by atoms with Gasteiger partial charge in [0, 0.05) is 15.9 Å². The van der Waals surface area contributed by atoms with Crippen molar-refractivity contribution < 1.29 is 32.3 Å². The summed E-state index contributed by atoms with van der Waals surface area (Å²) in [6, 6.07) is 39.3. The molecule has 5 aromatic carbocycles. The molecular formula is C42H32N4OPt-2. The third kappa shape index (κ3) is 4.79. The summed E-state index contributed by atoms with van der Waals surface area (Å²) in [6.07, 6.45) is 5.94. The average Bonchev–Trinajstić information content (AvgIpc) is 3.64. The molecule has 0 aliphatic heterocycles. The molecule has 48 heavy (non-hydrogen) atoms. The van der Waals surface area contributed by atoms with E-state index in [0.717, 1.165) is 53.1 Å². The summed E-state index contributed by atoms with van der Waals surface area (Å²) >= 11 is 2.04. The molecule has 238 valence electrons. The van der Waals surface area contributed by atoms with Crippen LogP contribution in [-0.2, 0) is 39.2 Å². The Hall–Kier alpha value is -4.99. The third-order valence-corrected chi connectivity index (χ3v) is 10.3. The molecule has 0 spiro atoms. The predicted molar refractivity (Wildman–Crippen MR) is 189 cm³/mol. The van der Waals surface area contributed by atoms with Crippen molar-refractivity contribution in [3.63, 3.8) is 0 Å². The summed E-state index contributed by atoms with van der Waals surface area (Å²) in [4.78, 5) is 4.90. The molecule has 0 unspecified atom stereocenters. The molecule has 1 aliphatic carbocycles. The second kappa shape index (κ2) is 11.6. The number of hydrogen-bond acceptors (Lipinski definition) is 2. The molecule has 6 heteroatoms. The van der Waals surface area contributed by atoms with Crippen molar-refractivity contribution in [2.24, 2.45) is 6.98 Å². The zero-order valence-electron chi connectivity index (χ0n) is 31.7. The molecule has 0 N–H and O–H groups in total. The monoisotopic (exact) mass is 809 g/mol. The van der Waals surface area contributed by atoms with Gasteiger partial charge in [-0.25, -0.2) is 0 Å². The maximum absolute atomic E-state index is 8.50. The van der Waals surface area contributed by atoms with E-state index in [9.17, 15) is 0 Å². The van der Waals surface area contributed by atoms with Crippen molar-refractivity contribution in [3.8, 4) is 34.1 Å². The van der Waals surface area contributed by atoms with Crippen LogP contribution in [0.5, 0.6) is 11.5 Å². The molecular weight excluding hydrogens is 772 g/mol. The molecule has 0 bridgehead atoms. The van der Waals surface area contributed by atoms with E-state index in [0.29, 0.717) is 43.4 Å². The van der Waals surface area contributed by atoms with Gasteiger partial charge in [-0.1, -0.05) is 30.3 Å². The fourth-order valence-corrected chi connectivity index (χ4v) is 7.78. The van der Waals surface area contributed by atoms with Crippen molar-refractivity contribution in [1.82, 2.24) is 18.7 Å². The zero-order chi connectivity index (χ0) is 37.4. The molecule has 0 atom stereocenters. The summed E-state index contributed by atoms with van der Waals surface area (Å²) in [5.41, 5.74) is 7.78. The number of rotatable bonds is 5. The van der Waals surface area contributed by atoms with E-state index in [-0.39, 0.29) is 5.56 Å². The van der Waals surface area contributed by atoms with Gasteiger partial charge in [-0.15, -0.1) is 0 Å². The first-order valence-corrected chi connectivity index (χ1v) is 17.1. The molecule has 3 heterocycles. The van der Waals surface area contributed by atoms with E-state index in [1.165, 1.54) is 15.7 Å². The number of fused-ring (bicyclic) bond motifs is 5. The summed E-state index contributed by atoms with van der Waals surface area (Å²) in [7, 11) is 0. The minimum Gasteiger partial charge on any atom is -0.0622 e. The minimum atomic E-state index is -2.38. The van der Waals surface area contributed by atoms with Gasteiger partial charge in [0.15, 0.2) is 0 Å². The molecule has 1 aliphatic rings. The van der Waals surface area contributed by atoms with Crippen molar-refractivity contribution >= 4 is 32.8 Å². The smallest absolute Gasteiger partial charge is 0.0622 e. The molecule has 3 aromatic heterocycles. The van der Waals surface area contributed by atoms with Gasteiger partial charge in [0.2, 0.25) is 0 Å². The fraction of sp³-hybridized carbons (Fsp3) is 0.143. The fourth-order valence-electron chi connectivity index (χ4n) is 6.96. The average molecular weight is 810 g/mol. The molecule has 0 radical (unpaired) electrons. The van der Waals surface area contributed by atoms with Gasteiger partial charge in [0.05, 0.1) is 0 Å². The van der Waals surface area contributed by atoms with Crippen molar-refractivity contribution in [2.45, 2.75) is 32.5 Å². The van der Waals surface area contributed by atoms with E-state index < -0.39 is 13.8 Å². The van der Waals surface area contributed by atoms with Crippen LogP contribution in [0.1, 0.15) is 37.8 Å². The van der Waals surface area contributed by atoms with Crippen molar-refractivity contribution in [3.05, 3.63) is 142 Å². The molecule has 5 nitrogen and oxygen atoms in total. The predicted octanol–water partition coefficient (Wildman–Crippen LogP) is 9.79. The van der Waals surface area contributed by atoms with Crippen LogP contribution in [0.3, 0.4) is 0 Å². The third-order valence-electron chi connectivity index (χ3n) is 9.24. The first-order chi connectivity index (χ1) is 26.0. The van der Waals surface area contributed by atoms with Gasteiger partial charge in [-0.2, -0.15) is 0 Å². The van der Waals surface area contributed by atoms with Gasteiger partial charge in [-0.3, -0.25) is 0 Å². The van der Waals surface area contributed by atoms with Crippen LogP contribution in [0, 0.1) is 22.8 Å². The van der Waals surface area contributed by atoms with E-state index in [4.69, 9.17) is 17.9 Å². The summed E-state index contributed by atoms with van der Waals surface area (Å²) in [5.74, 6) is 1.34. The van der Waals surface area contributed by atoms with Crippen LogP contribution in [0.25, 0.3) is 55.5 Å². The number of benzene rings is 5. The van der Waals surface area contributed by atoms with Crippen LogP contribution < -0.4 is 4.74 Å². The van der Waals surface area contributed by atoms with Crippen molar-refractivity contribution in [2.75, 3.05) is 0 Å². The van der Waals surface area contributed by atoms with Crippen LogP contribution in [0.15, 0.2) is 109 Å². The summed E-state index contributed by atoms with van der Waals surface area (Å²) < 4.78 is 62.2. The van der Waals surface area contributed by atoms with E-state index in [1.807, 2.05) is 101 Å². The summed E-state index contributed by atoms with van der Waals surface area (Å²) in [6.45, 7) is -4.76. The second-order valence-electron chi connectivity index (χ2n) is 12.1. The Labute approximate surface area is 298 Å². The number of ether oxygens (including phenoxy) is 1. The number of pyridine rings is 1. The van der Waals surface area contributed by atoms with Crippen LogP contribution in [0.4, 0.5) is 0 Å². The second-order valence-corrected chi connectivity index (χ2v) is 13.1. The molecule has 0 fully saturated rings. The molecule has 9 rings (SSSR count). The summed E-state index contributed by atoms with van der Waals surface area (Å²) in [5, 5.41) is 2.00. The van der Waals surface area contributed by atoms with Gasteiger partial charge < -0.3 is 0 Å². The molecule has 0 amide bonds. The van der Waals surface area contributed by atoms with E-state index in [2.05, 4.69) is 24.3 Å². The van der Waals surface area contributed by atoms with Crippen LogP contribution in [-0.4, -0.2) is 18.7 Å². The Bertz CT molecular complexity index is 2820. The van der Waals surface area contributed by atoms with Gasteiger partial charge >= 0.3 is 198 Å². The SMILES string of the molecule is [2H]C([2H])([2H])c1cc(-n2c3[c-]c(Oc4[c-]c(-n5[c](=[Pt])n(C([2H])([2H])[2H])c6ccccc65)ccc4)ccc3c3cc4c(cc32)CCCC4)ncc1-c1ccccc1. The normalized spacial score (nSPS) is 15.4. The van der Waals surface area contributed by atoms with E-state index >= 15 is 0 Å². The van der Waals surface area contributed by atoms with Gasteiger partial charge in [-0.05, 0) is 54.8 Å². The number of hydrogen-bond donors (Lipinski definition) is 0. The van der Waals surface area contributed by atoms with Crippen molar-refractivity contribution in [1.29, 1.82) is 0 Å². The Kier molecular flexibility index (Phi) is 5.65. The molecule has 0 saturated carbocycles. The first kappa shape index (κ1) is 23.4. The standard InChI is InChI=1S/C42H32N4O.Pt/c1-28-21-42(43-26-37(28)29-11-4-3-5-12-29)46-40-23-31-14-7-6-13-30(31)22-36(40)35-20-19-34(25-41(35)46)47-33-16-10-15-32(24-33)45-27-44(2)38-17-8-9-18-39(38)45;/h3-5,8-12,15-23,26H,6-7,13-14H2,1-2H3;/q-2;/i1D3,2D3;. The first-order valence-electron chi connectivity index (χ1n) is 18.9.